The summed E-state index contributed by atoms with van der Waals surface area (Å²) in [4.78, 5) is 2.45. The van der Waals surface area contributed by atoms with E-state index in [1.165, 1.54) is 0 Å². The molecule has 1 nitrogen and oxygen atoms in total. The lowest BCUT2D eigenvalue weighted by Crippen LogP contribution is -2.20. The smallest absolute Gasteiger partial charge is 0.239 e. The van der Waals surface area contributed by atoms with Crippen LogP contribution in [0.5, 0.6) is 0 Å². The predicted octanol–water partition coefficient (Wildman–Crippen LogP) is 1.91. The van der Waals surface area contributed by atoms with Crippen LogP contribution in [-0.2, 0) is 12.4 Å². The molecule has 0 saturated heterocycles. The fourth-order valence-corrected chi connectivity index (χ4v) is 0.842. The molecular weight excluding hydrogens is 223 g/mol. The Hall–Kier alpha value is -1.21. The highest BCUT2D eigenvalue weighted by Gasteiger charge is 2.38. The molecular formula is C7H2BF6N. The number of pyridine rings is 1. The van der Waals surface area contributed by atoms with E-state index in [2.05, 4.69) is 4.98 Å². The van der Waals surface area contributed by atoms with Gasteiger partial charge in [0.25, 0.3) is 0 Å². The zero-order valence-electron chi connectivity index (χ0n) is 6.95. The number of nitrogens with zero attached hydrogens (tertiary/aromatic N) is 1. The molecule has 1 heterocycles. The van der Waals surface area contributed by atoms with E-state index in [4.69, 9.17) is 7.85 Å². The molecule has 0 atom stereocenters. The molecule has 0 amide bonds. The number of halogens is 6. The maximum Gasteiger partial charge on any atom is 0.433 e. The highest BCUT2D eigenvalue weighted by molar-refractivity contribution is 6.32. The van der Waals surface area contributed by atoms with Crippen LogP contribution < -0.4 is 5.46 Å². The van der Waals surface area contributed by atoms with Gasteiger partial charge in [-0.1, -0.05) is 5.46 Å². The van der Waals surface area contributed by atoms with E-state index in [1.807, 2.05) is 0 Å². The zero-order valence-corrected chi connectivity index (χ0v) is 6.95. The van der Waals surface area contributed by atoms with E-state index in [9.17, 15) is 26.3 Å². The van der Waals surface area contributed by atoms with E-state index >= 15 is 0 Å². The van der Waals surface area contributed by atoms with Gasteiger partial charge in [-0.25, -0.2) is 4.98 Å². The zero-order chi connectivity index (χ0) is 11.9. The van der Waals surface area contributed by atoms with Crippen LogP contribution in [0.4, 0.5) is 26.3 Å². The Morgan fingerprint density at radius 3 is 1.47 bits per heavy atom. The molecule has 2 radical (unpaired) electrons. The number of hydrogen-bond donors (Lipinski definition) is 0. The van der Waals surface area contributed by atoms with Crippen LogP contribution >= 0.6 is 0 Å². The summed E-state index contributed by atoms with van der Waals surface area (Å²) in [6.07, 6.45) is -9.90. The highest BCUT2D eigenvalue weighted by Crippen LogP contribution is 2.31. The predicted molar refractivity (Wildman–Crippen MR) is 39.6 cm³/mol. The maximum absolute atomic E-state index is 12.1. The summed E-state index contributed by atoms with van der Waals surface area (Å²) in [5.41, 5.74) is -3.95. The van der Waals surface area contributed by atoms with Gasteiger partial charge in [-0.05, 0) is 12.1 Å². The molecule has 0 aliphatic carbocycles. The molecule has 0 N–H and O–H groups in total. The van der Waals surface area contributed by atoms with E-state index in [1.54, 1.807) is 0 Å². The average molecular weight is 225 g/mol. The SMILES string of the molecule is [B]c1cc(C(F)(F)F)nc(C(F)(F)F)c1. The first-order valence-electron chi connectivity index (χ1n) is 3.52. The van der Waals surface area contributed by atoms with E-state index in [-0.39, 0.29) is 0 Å². The van der Waals surface area contributed by atoms with Crippen LogP contribution in [0.3, 0.4) is 0 Å². The lowest BCUT2D eigenvalue weighted by molar-refractivity contribution is -0.149. The second-order valence-corrected chi connectivity index (χ2v) is 2.67. The number of hydrogen-bond acceptors (Lipinski definition) is 1. The van der Waals surface area contributed by atoms with Gasteiger partial charge >= 0.3 is 12.4 Å². The van der Waals surface area contributed by atoms with Gasteiger partial charge < -0.3 is 0 Å². The first-order valence-corrected chi connectivity index (χ1v) is 3.52. The average Bonchev–Trinajstić information content (AvgIpc) is 1.99. The van der Waals surface area contributed by atoms with Gasteiger partial charge in [0.05, 0.1) is 0 Å². The summed E-state index contributed by atoms with van der Waals surface area (Å²) in [7, 11) is 4.91. The van der Waals surface area contributed by atoms with Gasteiger partial charge in [-0.3, -0.25) is 0 Å². The van der Waals surface area contributed by atoms with Crippen LogP contribution in [0.2, 0.25) is 0 Å². The molecule has 80 valence electrons. The van der Waals surface area contributed by atoms with Gasteiger partial charge in [0.15, 0.2) is 0 Å². The Morgan fingerprint density at radius 2 is 1.20 bits per heavy atom. The Morgan fingerprint density at radius 1 is 0.867 bits per heavy atom. The molecule has 0 bridgehead atoms. The topological polar surface area (TPSA) is 12.9 Å². The molecule has 0 saturated carbocycles. The third-order valence-electron chi connectivity index (χ3n) is 1.43. The number of aromatic nitrogens is 1. The molecule has 8 heteroatoms. The van der Waals surface area contributed by atoms with Crippen molar-refractivity contribution >= 4 is 13.3 Å². The van der Waals surface area contributed by atoms with Crippen molar-refractivity contribution in [3.8, 4) is 0 Å². The Bertz CT molecular complexity index is 336. The van der Waals surface area contributed by atoms with Gasteiger partial charge in [0, 0.05) is 0 Å². The minimum Gasteiger partial charge on any atom is -0.239 e. The fourth-order valence-electron chi connectivity index (χ4n) is 0.842. The molecule has 15 heavy (non-hydrogen) atoms. The van der Waals surface area contributed by atoms with Crippen molar-refractivity contribution in [2.45, 2.75) is 12.4 Å². The molecule has 0 aromatic carbocycles. The first kappa shape index (κ1) is 11.9. The quantitative estimate of drug-likeness (QED) is 0.485. The third kappa shape index (κ3) is 2.87. The molecule has 0 fully saturated rings. The van der Waals surface area contributed by atoms with Crippen LogP contribution in [0.25, 0.3) is 0 Å². The lowest BCUT2D eigenvalue weighted by Gasteiger charge is -2.11. The van der Waals surface area contributed by atoms with Crippen LogP contribution in [0.1, 0.15) is 11.4 Å². The van der Waals surface area contributed by atoms with Crippen molar-refractivity contribution in [3.05, 3.63) is 23.5 Å². The van der Waals surface area contributed by atoms with Crippen molar-refractivity contribution in [2.75, 3.05) is 0 Å². The minimum absolute atomic E-state index is 0.342. The second kappa shape index (κ2) is 3.43. The molecule has 0 unspecified atom stereocenters. The Labute approximate surface area is 81.5 Å². The van der Waals surface area contributed by atoms with Crippen molar-refractivity contribution < 1.29 is 26.3 Å². The molecule has 1 aromatic heterocycles. The van der Waals surface area contributed by atoms with Crippen molar-refractivity contribution in [3.63, 3.8) is 0 Å². The molecule has 0 spiro atoms. The fraction of sp³-hybridized carbons (Fsp3) is 0.286. The molecule has 0 aliphatic heterocycles. The van der Waals surface area contributed by atoms with E-state index in [0.717, 1.165) is 0 Å². The second-order valence-electron chi connectivity index (χ2n) is 2.67. The summed E-state index contributed by atoms with van der Waals surface area (Å²) in [5, 5.41) is 0. The number of alkyl halides is 6. The molecule has 0 aliphatic rings. The standard InChI is InChI=1S/C7H2BF6N/c8-3-1-4(6(9,10)11)15-5(2-3)7(12,13)14/h1-2H. The summed E-state index contributed by atoms with van der Waals surface area (Å²) in [5.74, 6) is 0. The van der Waals surface area contributed by atoms with Gasteiger partial charge in [0.2, 0.25) is 0 Å². The minimum atomic E-state index is -4.95. The maximum atomic E-state index is 12.1. The first-order chi connectivity index (χ1) is 6.60. The summed E-state index contributed by atoms with van der Waals surface area (Å²) >= 11 is 0. The largest absolute Gasteiger partial charge is 0.433 e. The summed E-state index contributed by atoms with van der Waals surface area (Å²) in [6, 6.07) is 0.685. The molecule has 1 aromatic rings. The lowest BCUT2D eigenvalue weighted by atomic mass is 9.95. The van der Waals surface area contributed by atoms with E-state index < -0.39 is 29.2 Å². The summed E-state index contributed by atoms with van der Waals surface area (Å²) in [6.45, 7) is 0. The monoisotopic (exact) mass is 225 g/mol. The van der Waals surface area contributed by atoms with Crippen molar-refractivity contribution in [2.24, 2.45) is 0 Å². The van der Waals surface area contributed by atoms with Crippen molar-refractivity contribution in [1.29, 1.82) is 0 Å². The number of rotatable bonds is 0. The molecule has 1 rings (SSSR count). The normalized spacial score (nSPS) is 12.9. The van der Waals surface area contributed by atoms with Crippen LogP contribution in [0, 0.1) is 0 Å². The van der Waals surface area contributed by atoms with E-state index in [0.29, 0.717) is 12.1 Å². The Balaban J connectivity index is 3.30. The van der Waals surface area contributed by atoms with Crippen LogP contribution in [0.15, 0.2) is 12.1 Å². The summed E-state index contributed by atoms with van der Waals surface area (Å²) < 4.78 is 72.3. The van der Waals surface area contributed by atoms with Gasteiger partial charge in [0.1, 0.15) is 19.2 Å². The van der Waals surface area contributed by atoms with Gasteiger partial charge in [-0.2, -0.15) is 26.3 Å². The van der Waals surface area contributed by atoms with Crippen molar-refractivity contribution in [1.82, 2.24) is 4.98 Å². The highest BCUT2D eigenvalue weighted by atomic mass is 19.4. The third-order valence-corrected chi connectivity index (χ3v) is 1.43. The van der Waals surface area contributed by atoms with Gasteiger partial charge in [-0.15, -0.1) is 0 Å². The Kier molecular flexibility index (Phi) is 2.71. The van der Waals surface area contributed by atoms with Crippen LogP contribution in [-0.4, -0.2) is 12.8 Å².